The van der Waals surface area contributed by atoms with E-state index in [0.717, 1.165) is 44.1 Å². The van der Waals surface area contributed by atoms with Crippen LogP contribution in [0.2, 0.25) is 0 Å². The van der Waals surface area contributed by atoms with E-state index in [1.54, 1.807) is 18.6 Å². The van der Waals surface area contributed by atoms with Gasteiger partial charge in [-0.2, -0.15) is 5.10 Å². The number of nitrogens with zero attached hydrogens (tertiary/aromatic N) is 4. The maximum absolute atomic E-state index is 13.6. The summed E-state index contributed by atoms with van der Waals surface area (Å²) in [6.07, 6.45) is 10.8. The number of esters is 1. The molecule has 3 heterocycles. The van der Waals surface area contributed by atoms with E-state index in [2.05, 4.69) is 87.2 Å². The lowest BCUT2D eigenvalue weighted by molar-refractivity contribution is -0.253. The summed E-state index contributed by atoms with van der Waals surface area (Å²) in [5.74, 6) is 0.239. The number of nitrogens with two attached hydrogens (primary N) is 1. The number of carbonyl (C=O) groups is 2. The van der Waals surface area contributed by atoms with Crippen LogP contribution in [0.15, 0.2) is 36.3 Å². The molecule has 2 aromatic rings. The van der Waals surface area contributed by atoms with E-state index in [9.17, 15) is 14.7 Å². The van der Waals surface area contributed by atoms with Gasteiger partial charge in [-0.3, -0.25) is 4.79 Å². The number of carboxylic acids is 1. The van der Waals surface area contributed by atoms with E-state index in [0.29, 0.717) is 31.6 Å². The van der Waals surface area contributed by atoms with Crippen LogP contribution in [-0.2, 0) is 19.0 Å². The van der Waals surface area contributed by atoms with Gasteiger partial charge in [0, 0.05) is 28.1 Å². The first-order valence-corrected chi connectivity index (χ1v) is 21.4. The molecular weight excluding hydrogens is 719 g/mol. The number of aliphatic carboxylic acids is 1. The molecule has 12 atom stereocenters. The monoisotopic (exact) mass is 788 g/mol. The molecule has 1 aliphatic heterocycles. The Kier molecular flexibility index (Phi) is 10.3. The molecule has 4 fully saturated rings. The molecule has 0 aromatic carbocycles. The second-order valence-corrected chi connectivity index (χ2v) is 21.5. The average Bonchev–Trinajstić information content (AvgIpc) is 3.63. The van der Waals surface area contributed by atoms with Gasteiger partial charge in [-0.25, -0.2) is 19.4 Å². The number of ether oxygens (including phenoxy) is 3. The predicted molar refractivity (Wildman–Crippen MR) is 219 cm³/mol. The Hall–Kier alpha value is -3.15. The molecule has 3 saturated carbocycles. The fraction of sp³-hybridized carbons (Fsp3) is 0.761. The number of hydrogen-bond donors (Lipinski definition) is 2. The van der Waals surface area contributed by atoms with Gasteiger partial charge in [0.2, 0.25) is 0 Å². The average molecular weight is 788 g/mol. The Labute approximate surface area is 340 Å². The van der Waals surface area contributed by atoms with Crippen LogP contribution in [0.25, 0.3) is 11.4 Å². The number of rotatable bonds is 9. The van der Waals surface area contributed by atoms with Crippen LogP contribution in [0, 0.1) is 62.1 Å². The number of methoxy groups -OCH3 is 1. The van der Waals surface area contributed by atoms with E-state index >= 15 is 0 Å². The number of carboxylic acid groups (broad SMARTS) is 1. The molecule has 11 heteroatoms. The fourth-order valence-electron chi connectivity index (χ4n) is 13.1. The Morgan fingerprint density at radius 2 is 1.75 bits per heavy atom. The standard InChI is InChI=1S/C46H69N5O6/c1-27(2)28(3)41(7)19-20-43(9)30-14-16-34-42(8)23-56-25-46(34,31(30)17-18-44(43,10)35(41)38(52)53)21-33(36(42)57-24-45(11,47)40(4,5)6)51-37(49-26-50-51)29-13-15-32(48-22-29)39(54)55-12/h13,15,17,22,26-28,30,33-36H,14,16,18-21,23-25,47H2,1-12H3,(H,52,53)/t28-,30+,33-,34-,35-,36+,41-,42-,43-,44+,45+,46+/m1/s1. The number of hydrogen-bond acceptors (Lipinski definition) is 9. The first-order valence-electron chi connectivity index (χ1n) is 21.4. The van der Waals surface area contributed by atoms with Crippen LogP contribution >= 0.6 is 0 Å². The SMILES string of the molecule is COC(=O)c1ccc(-c2ncnn2[C@@H]2C[C@@]34COC[C@@](C)([C@H]2OC[C@](C)(N)C(C)(C)C)[C@H]3CC[C@H]2C4=CC[C@@]3(C)[C@H](C(=O)O)[C@@](C)([C@H](C)C(C)C)CC[C@]23C)cn1. The zero-order chi connectivity index (χ0) is 41.7. The van der Waals surface area contributed by atoms with Crippen LogP contribution in [0.4, 0.5) is 0 Å². The van der Waals surface area contributed by atoms with Crippen molar-refractivity contribution in [2.24, 2.45) is 67.8 Å². The van der Waals surface area contributed by atoms with Crippen LogP contribution in [0.3, 0.4) is 0 Å². The smallest absolute Gasteiger partial charge is 0.356 e. The molecule has 2 bridgehead atoms. The number of pyridine rings is 1. The lowest BCUT2D eigenvalue weighted by Crippen LogP contribution is -2.69. The zero-order valence-electron chi connectivity index (χ0n) is 36.6. The zero-order valence-corrected chi connectivity index (χ0v) is 36.6. The Balaban J connectivity index is 1.35. The van der Waals surface area contributed by atoms with Crippen molar-refractivity contribution >= 4 is 11.9 Å². The third-order valence-electron chi connectivity index (χ3n) is 17.7. The van der Waals surface area contributed by atoms with Crippen molar-refractivity contribution in [2.75, 3.05) is 26.9 Å². The highest BCUT2D eigenvalue weighted by molar-refractivity contribution is 5.87. The van der Waals surface area contributed by atoms with Gasteiger partial charge in [0.15, 0.2) is 5.82 Å². The van der Waals surface area contributed by atoms with Gasteiger partial charge in [-0.15, -0.1) is 0 Å². The first kappa shape index (κ1) is 42.0. The molecule has 5 aliphatic rings. The molecule has 11 nitrogen and oxygen atoms in total. The van der Waals surface area contributed by atoms with Crippen molar-refractivity contribution in [3.63, 3.8) is 0 Å². The molecule has 7 rings (SSSR count). The minimum atomic E-state index is -0.650. The maximum Gasteiger partial charge on any atom is 0.356 e. The van der Waals surface area contributed by atoms with Crippen molar-refractivity contribution in [1.82, 2.24) is 19.7 Å². The molecule has 0 amide bonds. The van der Waals surface area contributed by atoms with Crippen molar-refractivity contribution in [3.8, 4) is 11.4 Å². The summed E-state index contributed by atoms with van der Waals surface area (Å²) in [6, 6.07) is 3.28. The van der Waals surface area contributed by atoms with E-state index in [-0.39, 0.29) is 62.7 Å². The Morgan fingerprint density at radius 3 is 2.37 bits per heavy atom. The van der Waals surface area contributed by atoms with Gasteiger partial charge in [0.1, 0.15) is 12.0 Å². The molecular formula is C46H69N5O6. The van der Waals surface area contributed by atoms with E-state index in [4.69, 9.17) is 30.0 Å². The highest BCUT2D eigenvalue weighted by atomic mass is 16.5. The quantitative estimate of drug-likeness (QED) is 0.187. The molecule has 1 saturated heterocycles. The van der Waals surface area contributed by atoms with Crippen molar-refractivity contribution in [1.29, 1.82) is 0 Å². The molecule has 57 heavy (non-hydrogen) atoms. The van der Waals surface area contributed by atoms with Crippen molar-refractivity contribution < 1.29 is 28.9 Å². The highest BCUT2D eigenvalue weighted by Crippen LogP contribution is 2.75. The maximum atomic E-state index is 13.6. The normalized spacial score (nSPS) is 39.2. The molecule has 4 aliphatic carbocycles. The molecule has 3 N–H and O–H groups in total. The van der Waals surface area contributed by atoms with Gasteiger partial charge in [0.05, 0.1) is 45.0 Å². The van der Waals surface area contributed by atoms with Crippen LogP contribution in [-0.4, -0.2) is 75.4 Å². The van der Waals surface area contributed by atoms with E-state index in [1.807, 2.05) is 10.7 Å². The van der Waals surface area contributed by atoms with E-state index < -0.39 is 28.8 Å². The summed E-state index contributed by atoms with van der Waals surface area (Å²) < 4.78 is 21.0. The van der Waals surface area contributed by atoms with Crippen molar-refractivity contribution in [2.45, 2.75) is 132 Å². The van der Waals surface area contributed by atoms with Gasteiger partial charge in [-0.1, -0.05) is 80.9 Å². The van der Waals surface area contributed by atoms with Crippen molar-refractivity contribution in [3.05, 3.63) is 42.0 Å². The molecule has 0 radical (unpaired) electrons. The Bertz CT molecular complexity index is 1900. The van der Waals surface area contributed by atoms with Gasteiger partial charge < -0.3 is 25.1 Å². The molecule has 0 spiro atoms. The first-order chi connectivity index (χ1) is 26.5. The third-order valence-corrected chi connectivity index (χ3v) is 17.7. The van der Waals surface area contributed by atoms with Crippen LogP contribution in [0.1, 0.15) is 131 Å². The van der Waals surface area contributed by atoms with Crippen LogP contribution < -0.4 is 5.73 Å². The summed E-state index contributed by atoms with van der Waals surface area (Å²) in [5.41, 5.74) is 7.02. The summed E-state index contributed by atoms with van der Waals surface area (Å²) in [7, 11) is 1.35. The molecule has 2 aromatic heterocycles. The van der Waals surface area contributed by atoms with Gasteiger partial charge in [-0.05, 0) is 103 Å². The number of carbonyl (C=O) groups excluding carboxylic acids is 1. The predicted octanol–water partition coefficient (Wildman–Crippen LogP) is 8.41. The Morgan fingerprint density at radius 1 is 1.04 bits per heavy atom. The second kappa shape index (κ2) is 14.0. The lowest BCUT2D eigenvalue weighted by Gasteiger charge is -2.71. The number of fused-ring (bicyclic) bond motifs is 3. The van der Waals surface area contributed by atoms with E-state index in [1.165, 1.54) is 12.7 Å². The van der Waals surface area contributed by atoms with Gasteiger partial charge >= 0.3 is 11.9 Å². The lowest BCUT2D eigenvalue weighted by atomic mass is 9.34. The number of allylic oxidation sites excluding steroid dienone is 1. The number of aromatic nitrogens is 4. The highest BCUT2D eigenvalue weighted by Gasteiger charge is 2.72. The molecule has 0 unspecified atom stereocenters. The second-order valence-electron chi connectivity index (χ2n) is 21.5. The largest absolute Gasteiger partial charge is 0.481 e. The topological polar surface area (TPSA) is 152 Å². The fourth-order valence-corrected chi connectivity index (χ4v) is 13.1. The minimum absolute atomic E-state index is 0.202. The summed E-state index contributed by atoms with van der Waals surface area (Å²) >= 11 is 0. The summed E-state index contributed by atoms with van der Waals surface area (Å²) in [5, 5.41) is 16.1. The summed E-state index contributed by atoms with van der Waals surface area (Å²) in [6.45, 7) is 26.2. The summed E-state index contributed by atoms with van der Waals surface area (Å²) in [4.78, 5) is 35.1. The third kappa shape index (κ3) is 6.09. The minimum Gasteiger partial charge on any atom is -0.481 e. The van der Waals surface area contributed by atoms with Gasteiger partial charge in [0.25, 0.3) is 0 Å². The van der Waals surface area contributed by atoms with Crippen LogP contribution in [0.5, 0.6) is 0 Å². The molecule has 314 valence electrons.